The Bertz CT molecular complexity index is 793. The molecule has 0 radical (unpaired) electrons. The number of carbonyl (C=O) groups is 1. The van der Waals surface area contributed by atoms with E-state index in [4.69, 9.17) is 4.74 Å². The van der Waals surface area contributed by atoms with E-state index >= 15 is 0 Å². The van der Waals surface area contributed by atoms with Gasteiger partial charge in [-0.05, 0) is 51.5 Å². The number of likely N-dealkylation sites (N-methyl/N-ethyl adjacent to an activating group) is 1. The van der Waals surface area contributed by atoms with Gasteiger partial charge in [-0.3, -0.25) is 14.4 Å². The van der Waals surface area contributed by atoms with E-state index in [1.54, 1.807) is 13.3 Å². The first kappa shape index (κ1) is 23.3. The average molecular weight is 428 g/mol. The highest BCUT2D eigenvalue weighted by atomic mass is 16.5. The second kappa shape index (κ2) is 11.9. The molecule has 0 N–H and O–H groups in total. The second-order valence-electron chi connectivity index (χ2n) is 8.72. The molecule has 7 heteroatoms. The number of amides is 1. The lowest BCUT2D eigenvalue weighted by molar-refractivity contribution is -0.132. The summed E-state index contributed by atoms with van der Waals surface area (Å²) in [5.41, 5.74) is 1.23. The zero-order valence-corrected chi connectivity index (χ0v) is 19.2. The number of para-hydroxylation sites is 1. The molecule has 1 unspecified atom stereocenters. The van der Waals surface area contributed by atoms with E-state index in [9.17, 15) is 4.79 Å². The third kappa shape index (κ3) is 7.36. The van der Waals surface area contributed by atoms with Gasteiger partial charge in [-0.2, -0.15) is 5.10 Å². The molecule has 1 saturated heterocycles. The third-order valence-electron chi connectivity index (χ3n) is 5.95. The molecule has 7 nitrogen and oxygen atoms in total. The largest absolute Gasteiger partial charge is 0.496 e. The summed E-state index contributed by atoms with van der Waals surface area (Å²) in [7, 11) is 5.85. The summed E-state index contributed by atoms with van der Waals surface area (Å²) in [4.78, 5) is 19.7. The lowest BCUT2D eigenvalue weighted by Crippen LogP contribution is -2.44. The number of aromatic nitrogens is 2. The standard InChI is InChI=1S/C24H37N5O2/c1-26(2)16-17-28(24(30)11-15-29-14-7-12-25-29)19-21-8-6-13-27(18-21)20-22-9-4-5-10-23(22)31-3/h4-5,7,9-10,12,14,21H,6,8,11,13,15-20H2,1-3H3. The first-order valence-corrected chi connectivity index (χ1v) is 11.3. The van der Waals surface area contributed by atoms with Crippen molar-refractivity contribution < 1.29 is 9.53 Å². The van der Waals surface area contributed by atoms with Gasteiger partial charge in [-0.1, -0.05) is 18.2 Å². The Labute approximate surface area is 186 Å². The molecule has 1 atom stereocenters. The summed E-state index contributed by atoms with van der Waals surface area (Å²) in [6.07, 6.45) is 6.50. The summed E-state index contributed by atoms with van der Waals surface area (Å²) in [6.45, 7) is 6.12. The summed E-state index contributed by atoms with van der Waals surface area (Å²) >= 11 is 0. The highest BCUT2D eigenvalue weighted by Gasteiger charge is 2.25. The van der Waals surface area contributed by atoms with Gasteiger partial charge in [-0.15, -0.1) is 0 Å². The Morgan fingerprint density at radius 1 is 1.23 bits per heavy atom. The van der Waals surface area contributed by atoms with Crippen molar-refractivity contribution >= 4 is 5.91 Å². The molecular weight excluding hydrogens is 390 g/mol. The van der Waals surface area contributed by atoms with E-state index in [1.165, 1.54) is 18.4 Å². The van der Waals surface area contributed by atoms with Crippen LogP contribution in [0.4, 0.5) is 0 Å². The van der Waals surface area contributed by atoms with E-state index < -0.39 is 0 Å². The molecule has 1 aliphatic heterocycles. The molecule has 1 aromatic carbocycles. The number of hydrogen-bond donors (Lipinski definition) is 0. The van der Waals surface area contributed by atoms with Crippen molar-refractivity contribution in [1.82, 2.24) is 24.5 Å². The molecule has 31 heavy (non-hydrogen) atoms. The molecule has 1 aromatic heterocycles. The van der Waals surface area contributed by atoms with Crippen LogP contribution in [-0.4, -0.2) is 84.3 Å². The monoisotopic (exact) mass is 427 g/mol. The molecular formula is C24H37N5O2. The highest BCUT2D eigenvalue weighted by molar-refractivity contribution is 5.76. The Balaban J connectivity index is 1.57. The van der Waals surface area contributed by atoms with Gasteiger partial charge in [0.15, 0.2) is 0 Å². The van der Waals surface area contributed by atoms with Crippen molar-refractivity contribution in [3.05, 3.63) is 48.3 Å². The number of benzene rings is 1. The maximum atomic E-state index is 13.0. The number of aryl methyl sites for hydroxylation is 1. The number of rotatable bonds is 11. The van der Waals surface area contributed by atoms with Crippen molar-refractivity contribution in [3.8, 4) is 5.75 Å². The molecule has 1 fully saturated rings. The number of ether oxygens (including phenoxy) is 1. The van der Waals surface area contributed by atoms with Gasteiger partial charge >= 0.3 is 0 Å². The van der Waals surface area contributed by atoms with Crippen LogP contribution < -0.4 is 4.74 Å². The van der Waals surface area contributed by atoms with Crippen LogP contribution in [-0.2, 0) is 17.9 Å². The summed E-state index contributed by atoms with van der Waals surface area (Å²) in [5.74, 6) is 1.67. The fraction of sp³-hybridized carbons (Fsp3) is 0.583. The number of piperidine rings is 1. The van der Waals surface area contributed by atoms with Gasteiger partial charge in [0.2, 0.25) is 5.91 Å². The molecule has 3 rings (SSSR count). The summed E-state index contributed by atoms with van der Waals surface area (Å²) < 4.78 is 7.36. The smallest absolute Gasteiger partial charge is 0.224 e. The van der Waals surface area contributed by atoms with Gasteiger partial charge < -0.3 is 14.5 Å². The molecule has 2 aromatic rings. The minimum absolute atomic E-state index is 0.221. The fourth-order valence-electron chi connectivity index (χ4n) is 4.27. The average Bonchev–Trinajstić information content (AvgIpc) is 3.29. The van der Waals surface area contributed by atoms with Gasteiger partial charge in [0.25, 0.3) is 0 Å². The van der Waals surface area contributed by atoms with Crippen molar-refractivity contribution in [2.45, 2.75) is 32.4 Å². The van der Waals surface area contributed by atoms with Crippen LogP contribution >= 0.6 is 0 Å². The van der Waals surface area contributed by atoms with Crippen molar-refractivity contribution in [1.29, 1.82) is 0 Å². The summed E-state index contributed by atoms with van der Waals surface area (Å²) in [6, 6.07) is 10.1. The number of likely N-dealkylation sites (tertiary alicyclic amines) is 1. The molecule has 0 saturated carbocycles. The predicted octanol–water partition coefficient (Wildman–Crippen LogP) is 2.58. The Morgan fingerprint density at radius 3 is 2.81 bits per heavy atom. The first-order valence-electron chi connectivity index (χ1n) is 11.3. The second-order valence-corrected chi connectivity index (χ2v) is 8.72. The van der Waals surface area contributed by atoms with Crippen molar-refractivity contribution in [2.75, 3.05) is 53.9 Å². The lowest BCUT2D eigenvalue weighted by atomic mass is 9.96. The van der Waals surface area contributed by atoms with E-state index in [-0.39, 0.29) is 5.91 Å². The van der Waals surface area contributed by atoms with Crippen molar-refractivity contribution in [3.63, 3.8) is 0 Å². The minimum atomic E-state index is 0.221. The van der Waals surface area contributed by atoms with Crippen molar-refractivity contribution in [2.24, 2.45) is 5.92 Å². The normalized spacial score (nSPS) is 17.1. The number of carbonyl (C=O) groups excluding carboxylic acids is 1. The molecule has 0 bridgehead atoms. The minimum Gasteiger partial charge on any atom is -0.496 e. The van der Waals surface area contributed by atoms with Crippen LogP contribution in [0.15, 0.2) is 42.7 Å². The quantitative estimate of drug-likeness (QED) is 0.552. The van der Waals surface area contributed by atoms with E-state index in [1.807, 2.05) is 29.1 Å². The maximum Gasteiger partial charge on any atom is 0.224 e. The van der Waals surface area contributed by atoms with Crippen LogP contribution in [0.1, 0.15) is 24.8 Å². The van der Waals surface area contributed by atoms with Crippen LogP contribution in [0.3, 0.4) is 0 Å². The Morgan fingerprint density at radius 2 is 2.06 bits per heavy atom. The van der Waals surface area contributed by atoms with Gasteiger partial charge in [-0.25, -0.2) is 0 Å². The number of hydrogen-bond acceptors (Lipinski definition) is 5. The van der Waals surface area contributed by atoms with Crippen LogP contribution in [0, 0.1) is 5.92 Å². The topological polar surface area (TPSA) is 53.8 Å². The van der Waals surface area contributed by atoms with Gasteiger partial charge in [0.05, 0.1) is 7.11 Å². The Kier molecular flexibility index (Phi) is 8.91. The maximum absolute atomic E-state index is 13.0. The summed E-state index contributed by atoms with van der Waals surface area (Å²) in [5, 5.41) is 4.22. The van der Waals surface area contributed by atoms with E-state index in [0.29, 0.717) is 18.9 Å². The lowest BCUT2D eigenvalue weighted by Gasteiger charge is -2.36. The van der Waals surface area contributed by atoms with Gasteiger partial charge in [0, 0.05) is 63.6 Å². The van der Waals surface area contributed by atoms with Gasteiger partial charge in [0.1, 0.15) is 5.75 Å². The SMILES string of the molecule is COc1ccccc1CN1CCCC(CN(CCN(C)C)C(=O)CCn2cccn2)C1. The number of methoxy groups -OCH3 is 1. The predicted molar refractivity (Wildman–Crippen MR) is 123 cm³/mol. The molecule has 1 amide bonds. The van der Waals surface area contributed by atoms with Crippen LogP contribution in [0.5, 0.6) is 5.75 Å². The molecule has 2 heterocycles. The van der Waals surface area contributed by atoms with E-state index in [0.717, 1.165) is 45.0 Å². The van der Waals surface area contributed by atoms with E-state index in [2.05, 4.69) is 46.0 Å². The Hall–Kier alpha value is -2.38. The zero-order chi connectivity index (χ0) is 22.1. The molecule has 1 aliphatic rings. The molecule has 0 spiro atoms. The third-order valence-corrected chi connectivity index (χ3v) is 5.95. The molecule has 170 valence electrons. The number of nitrogens with zero attached hydrogens (tertiary/aromatic N) is 5. The van der Waals surface area contributed by atoms with Crippen LogP contribution in [0.25, 0.3) is 0 Å². The highest BCUT2D eigenvalue weighted by Crippen LogP contribution is 2.24. The van der Waals surface area contributed by atoms with Crippen LogP contribution in [0.2, 0.25) is 0 Å². The zero-order valence-electron chi connectivity index (χ0n) is 19.2. The molecule has 0 aliphatic carbocycles. The first-order chi connectivity index (χ1) is 15.0. The fourth-order valence-corrected chi connectivity index (χ4v) is 4.27.